The zero-order valence-electron chi connectivity index (χ0n) is 10.9. The summed E-state index contributed by atoms with van der Waals surface area (Å²) in [4.78, 5) is 16.2. The molecule has 0 radical (unpaired) electrons. The van der Waals surface area contributed by atoms with Gasteiger partial charge in [0.1, 0.15) is 29.3 Å². The molecule has 0 fully saturated rings. The number of benzene rings is 1. The van der Waals surface area contributed by atoms with E-state index in [1.54, 1.807) is 6.20 Å². The Hall–Kier alpha value is -3.02. The van der Waals surface area contributed by atoms with Crippen LogP contribution >= 0.6 is 0 Å². The molecule has 0 spiro atoms. The number of hydrogen-bond acceptors (Lipinski definition) is 5. The lowest BCUT2D eigenvalue weighted by Gasteiger charge is -2.05. The number of carbonyl (C=O) groups is 1. The van der Waals surface area contributed by atoms with Crippen LogP contribution in [-0.2, 0) is 11.3 Å². The fourth-order valence-corrected chi connectivity index (χ4v) is 1.97. The summed E-state index contributed by atoms with van der Waals surface area (Å²) >= 11 is 0. The molecular formula is C15H12N2O4. The smallest absolute Gasteiger partial charge is 0.342 e. The lowest BCUT2D eigenvalue weighted by Crippen LogP contribution is -2.05. The van der Waals surface area contributed by atoms with Crippen molar-refractivity contribution in [1.29, 1.82) is 0 Å². The van der Waals surface area contributed by atoms with Gasteiger partial charge in [-0.25, -0.2) is 9.78 Å². The Bertz CT molecular complexity index is 777. The van der Waals surface area contributed by atoms with Crippen molar-refractivity contribution < 1.29 is 19.7 Å². The van der Waals surface area contributed by atoms with Gasteiger partial charge < -0.3 is 19.4 Å². The van der Waals surface area contributed by atoms with E-state index in [0.29, 0.717) is 5.69 Å². The molecule has 3 rings (SSSR count). The van der Waals surface area contributed by atoms with Crippen molar-refractivity contribution in [2.75, 3.05) is 0 Å². The predicted molar refractivity (Wildman–Crippen MR) is 74.1 cm³/mol. The Morgan fingerprint density at radius 3 is 2.86 bits per heavy atom. The summed E-state index contributed by atoms with van der Waals surface area (Å²) in [6, 6.07) is 9.28. The fraction of sp³-hybridized carbons (Fsp3) is 0.0667. The molecule has 21 heavy (non-hydrogen) atoms. The van der Waals surface area contributed by atoms with Crippen LogP contribution in [0, 0.1) is 0 Å². The van der Waals surface area contributed by atoms with Crippen LogP contribution in [0.15, 0.2) is 48.8 Å². The minimum absolute atomic E-state index is 0.000823. The largest absolute Gasteiger partial charge is 0.508 e. The van der Waals surface area contributed by atoms with Crippen molar-refractivity contribution in [2.24, 2.45) is 0 Å². The molecule has 0 aliphatic carbocycles. The molecule has 0 saturated heterocycles. The Morgan fingerprint density at radius 2 is 2.10 bits per heavy atom. The average molecular weight is 284 g/mol. The molecule has 0 bridgehead atoms. The summed E-state index contributed by atoms with van der Waals surface area (Å²) in [6.45, 7) is 0.000823. The maximum absolute atomic E-state index is 11.9. The first-order valence-corrected chi connectivity index (χ1v) is 6.25. The molecule has 0 aliphatic rings. The molecule has 6 heteroatoms. The number of nitrogens with zero attached hydrogens (tertiary/aromatic N) is 2. The molecule has 0 unspecified atom stereocenters. The lowest BCUT2D eigenvalue weighted by molar-refractivity contribution is 0.0465. The third-order valence-electron chi connectivity index (χ3n) is 2.97. The summed E-state index contributed by atoms with van der Waals surface area (Å²) in [5.41, 5.74) is 1.36. The van der Waals surface area contributed by atoms with Crippen molar-refractivity contribution in [3.05, 3.63) is 60.0 Å². The molecule has 106 valence electrons. The van der Waals surface area contributed by atoms with Crippen LogP contribution in [0.1, 0.15) is 16.1 Å². The van der Waals surface area contributed by atoms with Crippen LogP contribution in [0.2, 0.25) is 0 Å². The maximum atomic E-state index is 11.9. The number of hydrogen-bond donors (Lipinski definition) is 2. The second-order valence-electron chi connectivity index (χ2n) is 4.48. The molecule has 6 nitrogen and oxygen atoms in total. The molecule has 0 aliphatic heterocycles. The number of pyridine rings is 1. The number of phenols is 2. The quantitative estimate of drug-likeness (QED) is 0.719. The van der Waals surface area contributed by atoms with Gasteiger partial charge in [-0.1, -0.05) is 6.07 Å². The Kier molecular flexibility index (Phi) is 3.19. The van der Waals surface area contributed by atoms with Gasteiger partial charge in [0.25, 0.3) is 0 Å². The number of phenolic OH excluding ortho intramolecular Hbond substituents is 2. The lowest BCUT2D eigenvalue weighted by atomic mass is 10.2. The predicted octanol–water partition coefficient (Wildman–Crippen LogP) is 2.10. The van der Waals surface area contributed by atoms with E-state index in [0.717, 1.165) is 11.7 Å². The van der Waals surface area contributed by atoms with Gasteiger partial charge >= 0.3 is 5.97 Å². The first-order chi connectivity index (χ1) is 10.1. The third kappa shape index (κ3) is 2.64. The monoisotopic (exact) mass is 284 g/mol. The van der Waals surface area contributed by atoms with Gasteiger partial charge in [0.2, 0.25) is 0 Å². The Morgan fingerprint density at radius 1 is 1.24 bits per heavy atom. The Balaban J connectivity index is 1.73. The van der Waals surface area contributed by atoms with Crippen molar-refractivity contribution >= 4 is 11.6 Å². The SMILES string of the molecule is O=C(OCc1cn2ccccc2n1)c1ccc(O)cc1O. The highest BCUT2D eigenvalue weighted by Gasteiger charge is 2.14. The van der Waals surface area contributed by atoms with Gasteiger partial charge in [-0.3, -0.25) is 0 Å². The number of carbonyl (C=O) groups excluding carboxylic acids is 1. The zero-order valence-corrected chi connectivity index (χ0v) is 10.9. The highest BCUT2D eigenvalue weighted by molar-refractivity contribution is 5.92. The van der Waals surface area contributed by atoms with E-state index in [1.165, 1.54) is 12.1 Å². The van der Waals surface area contributed by atoms with Gasteiger partial charge in [0, 0.05) is 18.5 Å². The van der Waals surface area contributed by atoms with Crippen molar-refractivity contribution in [2.45, 2.75) is 6.61 Å². The van der Waals surface area contributed by atoms with Gasteiger partial charge in [-0.15, -0.1) is 0 Å². The molecule has 0 saturated carbocycles. The van der Waals surface area contributed by atoms with Crippen LogP contribution in [-0.4, -0.2) is 25.6 Å². The van der Waals surface area contributed by atoms with Crippen LogP contribution < -0.4 is 0 Å². The van der Waals surface area contributed by atoms with Crippen molar-refractivity contribution in [3.8, 4) is 11.5 Å². The number of aromatic nitrogens is 2. The number of fused-ring (bicyclic) bond motifs is 1. The standard InChI is InChI=1S/C15H12N2O4/c18-11-4-5-12(13(19)7-11)15(20)21-9-10-8-17-6-2-1-3-14(17)16-10/h1-8,18-19H,9H2. The first kappa shape index (κ1) is 13.0. The minimum Gasteiger partial charge on any atom is -0.508 e. The molecule has 3 aromatic rings. The van der Waals surface area contributed by atoms with Gasteiger partial charge in [0.15, 0.2) is 0 Å². The second-order valence-corrected chi connectivity index (χ2v) is 4.48. The summed E-state index contributed by atoms with van der Waals surface area (Å²) in [6.07, 6.45) is 3.61. The van der Waals surface area contributed by atoms with Gasteiger partial charge in [-0.05, 0) is 24.3 Å². The highest BCUT2D eigenvalue weighted by Crippen LogP contribution is 2.23. The minimum atomic E-state index is -0.676. The molecule has 1 aromatic carbocycles. The number of ether oxygens (including phenoxy) is 1. The summed E-state index contributed by atoms with van der Waals surface area (Å²) in [7, 11) is 0. The molecule has 2 aromatic heterocycles. The van der Waals surface area contributed by atoms with E-state index in [9.17, 15) is 15.0 Å². The van der Waals surface area contributed by atoms with Gasteiger partial charge in [-0.2, -0.15) is 0 Å². The van der Waals surface area contributed by atoms with Crippen LogP contribution in [0.3, 0.4) is 0 Å². The van der Waals surface area contributed by atoms with Crippen molar-refractivity contribution in [3.63, 3.8) is 0 Å². The second kappa shape index (κ2) is 5.16. The number of rotatable bonds is 3. The fourth-order valence-electron chi connectivity index (χ4n) is 1.97. The van der Waals surface area contributed by atoms with Crippen LogP contribution in [0.25, 0.3) is 5.65 Å². The van der Waals surface area contributed by atoms with E-state index in [4.69, 9.17) is 4.74 Å². The third-order valence-corrected chi connectivity index (χ3v) is 2.97. The first-order valence-electron chi connectivity index (χ1n) is 6.25. The number of aromatic hydroxyl groups is 2. The highest BCUT2D eigenvalue weighted by atomic mass is 16.5. The van der Waals surface area contributed by atoms with Gasteiger partial charge in [0.05, 0.1) is 5.69 Å². The number of imidazole rings is 1. The van der Waals surface area contributed by atoms with E-state index in [1.807, 2.05) is 28.8 Å². The van der Waals surface area contributed by atoms with Crippen LogP contribution in [0.4, 0.5) is 0 Å². The summed E-state index contributed by atoms with van der Waals surface area (Å²) in [5.74, 6) is -1.12. The molecule has 2 N–H and O–H groups in total. The molecule has 2 heterocycles. The Labute approximate surface area is 119 Å². The number of esters is 1. The van der Waals surface area contributed by atoms with E-state index in [-0.39, 0.29) is 23.7 Å². The summed E-state index contributed by atoms with van der Waals surface area (Å²) in [5, 5.41) is 18.8. The topological polar surface area (TPSA) is 84.1 Å². The van der Waals surface area contributed by atoms with E-state index < -0.39 is 5.97 Å². The zero-order chi connectivity index (χ0) is 14.8. The molecular weight excluding hydrogens is 272 g/mol. The average Bonchev–Trinajstić information content (AvgIpc) is 2.87. The molecule has 0 atom stereocenters. The normalized spacial score (nSPS) is 10.7. The van der Waals surface area contributed by atoms with Crippen LogP contribution in [0.5, 0.6) is 11.5 Å². The summed E-state index contributed by atoms with van der Waals surface area (Å²) < 4.78 is 6.93. The maximum Gasteiger partial charge on any atom is 0.342 e. The molecule has 0 amide bonds. The van der Waals surface area contributed by atoms with E-state index >= 15 is 0 Å². The van der Waals surface area contributed by atoms with E-state index in [2.05, 4.69) is 4.98 Å². The van der Waals surface area contributed by atoms with Crippen molar-refractivity contribution in [1.82, 2.24) is 9.38 Å².